The van der Waals surface area contributed by atoms with E-state index in [9.17, 15) is 46.1 Å². The Labute approximate surface area is 275 Å². The number of nitrogens with zero attached hydrogens (tertiary/aromatic N) is 1. The number of para-hydroxylation sites is 1. The van der Waals surface area contributed by atoms with E-state index in [1.165, 1.54) is 42.5 Å². The second-order valence-corrected chi connectivity index (χ2v) is 14.7. The topological polar surface area (TPSA) is 205 Å². The van der Waals surface area contributed by atoms with E-state index in [2.05, 4.69) is 5.32 Å². The summed E-state index contributed by atoms with van der Waals surface area (Å²) in [4.78, 5) is 22.6. The van der Waals surface area contributed by atoms with Crippen molar-refractivity contribution in [3.8, 4) is 34.8 Å². The normalized spacial score (nSPS) is 13.0. The number of phenolic OH excluding ortho intramolecular Hbond substituents is 2. The number of hydrogen-bond donors (Lipinski definition) is 5. The second-order valence-electron chi connectivity index (χ2n) is 9.88. The Hall–Kier alpha value is -4.53. The van der Waals surface area contributed by atoms with E-state index in [0.29, 0.717) is 29.2 Å². The number of carbonyl (C=O) groups is 1. The van der Waals surface area contributed by atoms with Crippen molar-refractivity contribution < 1.29 is 60.1 Å². The number of ether oxygens (including phenoxy) is 2. The Morgan fingerprint density at radius 3 is 2.46 bits per heavy atom. The SMILES string of the molecule is CCCOc1cc2cc(S(=O)(=O)NCP(=O)(O)Oc3ccc(C#N)c(C(F)(F)F)c3)sc2cc1OCCNC(=O)c1cccc(O)c1O. The van der Waals surface area contributed by atoms with E-state index in [-0.39, 0.29) is 34.4 Å². The van der Waals surface area contributed by atoms with Gasteiger partial charge in [0.25, 0.3) is 15.9 Å². The Balaban J connectivity index is 1.46. The maximum absolute atomic E-state index is 13.3. The van der Waals surface area contributed by atoms with E-state index < -0.39 is 64.4 Å². The molecule has 0 fully saturated rings. The van der Waals surface area contributed by atoms with E-state index >= 15 is 0 Å². The molecule has 0 spiro atoms. The first-order chi connectivity index (χ1) is 22.5. The summed E-state index contributed by atoms with van der Waals surface area (Å²) < 4.78 is 96.8. The van der Waals surface area contributed by atoms with Gasteiger partial charge in [0.05, 0.1) is 35.9 Å². The van der Waals surface area contributed by atoms with Crippen molar-refractivity contribution in [2.45, 2.75) is 23.7 Å². The van der Waals surface area contributed by atoms with Crippen LogP contribution in [0.15, 0.2) is 58.8 Å². The molecule has 48 heavy (non-hydrogen) atoms. The Morgan fingerprint density at radius 2 is 1.77 bits per heavy atom. The fourth-order valence-corrected chi connectivity index (χ4v) is 8.03. The van der Waals surface area contributed by atoms with Crippen molar-refractivity contribution in [2.24, 2.45) is 0 Å². The molecule has 19 heteroatoms. The Kier molecular flexibility index (Phi) is 11.1. The first kappa shape index (κ1) is 36.3. The number of amides is 1. The van der Waals surface area contributed by atoms with Crippen LogP contribution in [0.3, 0.4) is 0 Å². The molecule has 1 heterocycles. The summed E-state index contributed by atoms with van der Waals surface area (Å²) in [6.07, 6.45) is -5.50. The molecule has 1 atom stereocenters. The molecule has 5 N–H and O–H groups in total. The third-order valence-electron chi connectivity index (χ3n) is 6.31. The zero-order valence-corrected chi connectivity index (χ0v) is 27.3. The molecule has 1 aromatic heterocycles. The van der Waals surface area contributed by atoms with Crippen LogP contribution in [0.2, 0.25) is 0 Å². The predicted molar refractivity (Wildman–Crippen MR) is 167 cm³/mol. The second kappa shape index (κ2) is 14.7. The van der Waals surface area contributed by atoms with Crippen molar-refractivity contribution in [2.75, 3.05) is 26.0 Å². The first-order valence-corrected chi connectivity index (χ1v) is 17.9. The molecule has 1 unspecified atom stereocenters. The molecule has 13 nitrogen and oxygen atoms in total. The van der Waals surface area contributed by atoms with Crippen LogP contribution in [-0.4, -0.2) is 55.5 Å². The maximum atomic E-state index is 13.3. The van der Waals surface area contributed by atoms with Crippen LogP contribution in [0, 0.1) is 11.3 Å². The number of sulfonamides is 1. The highest BCUT2D eigenvalue weighted by molar-refractivity contribution is 7.92. The minimum absolute atomic E-state index is 0.0174. The molecule has 1 amide bonds. The third-order valence-corrected chi connectivity index (χ3v) is 10.6. The predicted octanol–water partition coefficient (Wildman–Crippen LogP) is 5.30. The number of halogens is 3. The third kappa shape index (κ3) is 8.88. The summed E-state index contributed by atoms with van der Waals surface area (Å²) in [7, 11) is -9.30. The molecule has 0 bridgehead atoms. The van der Waals surface area contributed by atoms with Gasteiger partial charge in [-0.3, -0.25) is 4.79 Å². The van der Waals surface area contributed by atoms with Crippen molar-refractivity contribution in [1.29, 1.82) is 5.26 Å². The number of phenols is 2. The largest absolute Gasteiger partial charge is 0.504 e. The van der Waals surface area contributed by atoms with Crippen LogP contribution in [0.4, 0.5) is 13.2 Å². The van der Waals surface area contributed by atoms with Gasteiger partial charge in [-0.15, -0.1) is 11.3 Å². The maximum Gasteiger partial charge on any atom is 0.417 e. The van der Waals surface area contributed by atoms with Gasteiger partial charge < -0.3 is 34.4 Å². The van der Waals surface area contributed by atoms with Crippen molar-refractivity contribution in [3.05, 3.63) is 71.3 Å². The number of alkyl halides is 3. The van der Waals surface area contributed by atoms with Gasteiger partial charge in [-0.2, -0.15) is 23.2 Å². The van der Waals surface area contributed by atoms with Crippen LogP contribution in [0.5, 0.6) is 28.7 Å². The number of benzene rings is 3. The van der Waals surface area contributed by atoms with Crippen LogP contribution in [-0.2, 0) is 20.8 Å². The summed E-state index contributed by atoms with van der Waals surface area (Å²) in [6, 6.07) is 11.6. The van der Waals surface area contributed by atoms with E-state index in [1.54, 1.807) is 0 Å². The Bertz CT molecular complexity index is 2030. The molecule has 4 aromatic rings. The van der Waals surface area contributed by atoms with Crippen molar-refractivity contribution >= 4 is 44.9 Å². The van der Waals surface area contributed by atoms with Crippen molar-refractivity contribution in [1.82, 2.24) is 10.0 Å². The number of thiophene rings is 1. The van der Waals surface area contributed by atoms with Gasteiger partial charge in [-0.05, 0) is 54.3 Å². The summed E-state index contributed by atoms with van der Waals surface area (Å²) in [5, 5.41) is 31.4. The highest BCUT2D eigenvalue weighted by atomic mass is 32.2. The van der Waals surface area contributed by atoms with Gasteiger partial charge in [0.15, 0.2) is 23.0 Å². The van der Waals surface area contributed by atoms with Gasteiger partial charge in [0.1, 0.15) is 22.9 Å². The van der Waals surface area contributed by atoms with Crippen LogP contribution in [0.25, 0.3) is 10.1 Å². The quantitative estimate of drug-likeness (QED) is 0.0640. The summed E-state index contributed by atoms with van der Waals surface area (Å²) in [5.74, 6) is -1.90. The van der Waals surface area contributed by atoms with Gasteiger partial charge in [-0.1, -0.05) is 13.0 Å². The fraction of sp³-hybridized carbons (Fsp3) is 0.241. The standard InChI is InChI=1S/C29H27F3N3O10PS2/c1-2-9-43-23-11-18-12-26(47-25(18)14-24(23)44-10-8-34-28(38)20-4-3-5-22(36)27(20)37)48(41,42)35-16-46(39,40)45-19-7-6-17(15-33)21(13-19)29(30,31)32/h3-7,11-14,35-37H,2,8-10,16H2,1H3,(H,34,38)(H,39,40). The highest BCUT2D eigenvalue weighted by Gasteiger charge is 2.35. The molecular weight excluding hydrogens is 702 g/mol. The zero-order valence-electron chi connectivity index (χ0n) is 24.8. The molecule has 3 aromatic carbocycles. The van der Waals surface area contributed by atoms with Crippen LogP contribution in [0.1, 0.15) is 34.8 Å². The number of nitriles is 1. The van der Waals surface area contributed by atoms with Gasteiger partial charge >= 0.3 is 13.8 Å². The first-order valence-electron chi connectivity index (χ1n) is 13.8. The monoisotopic (exact) mass is 729 g/mol. The lowest BCUT2D eigenvalue weighted by molar-refractivity contribution is -0.137. The van der Waals surface area contributed by atoms with E-state index in [0.717, 1.165) is 23.5 Å². The number of aromatic hydroxyl groups is 2. The minimum Gasteiger partial charge on any atom is -0.504 e. The molecule has 256 valence electrons. The molecule has 0 saturated carbocycles. The minimum atomic E-state index is -4.95. The van der Waals surface area contributed by atoms with E-state index in [1.807, 2.05) is 11.6 Å². The average Bonchev–Trinajstić information content (AvgIpc) is 3.45. The molecule has 0 saturated heterocycles. The number of carbonyl (C=O) groups excluding carboxylic acids is 1. The number of rotatable bonds is 14. The molecule has 0 aliphatic rings. The lowest BCUT2D eigenvalue weighted by Crippen LogP contribution is -2.28. The number of hydrogen-bond acceptors (Lipinski definition) is 11. The van der Waals surface area contributed by atoms with Gasteiger partial charge in [0.2, 0.25) is 0 Å². The summed E-state index contributed by atoms with van der Waals surface area (Å²) >= 11 is 0.784. The summed E-state index contributed by atoms with van der Waals surface area (Å²) in [5.41, 5.74) is -2.27. The highest BCUT2D eigenvalue weighted by Crippen LogP contribution is 2.44. The van der Waals surface area contributed by atoms with Crippen LogP contribution < -0.4 is 24.0 Å². The van der Waals surface area contributed by atoms with Crippen LogP contribution >= 0.6 is 18.9 Å². The molecule has 0 aliphatic carbocycles. The van der Waals surface area contributed by atoms with Crippen molar-refractivity contribution in [3.63, 3.8) is 0 Å². The number of nitrogens with one attached hydrogen (secondary N) is 2. The van der Waals surface area contributed by atoms with Gasteiger partial charge in [0, 0.05) is 10.8 Å². The zero-order chi connectivity index (χ0) is 35.3. The molecular formula is C29H27F3N3O10PS2. The average molecular weight is 730 g/mol. The smallest absolute Gasteiger partial charge is 0.417 e. The molecule has 0 radical (unpaired) electrons. The Morgan fingerprint density at radius 1 is 1.06 bits per heavy atom. The molecule has 0 aliphatic heterocycles. The fourth-order valence-electron chi connectivity index (χ4n) is 4.08. The number of fused-ring (bicyclic) bond motifs is 1. The lowest BCUT2D eigenvalue weighted by Gasteiger charge is -2.16. The molecule has 4 rings (SSSR count). The van der Waals surface area contributed by atoms with E-state index in [4.69, 9.17) is 19.3 Å². The summed E-state index contributed by atoms with van der Waals surface area (Å²) in [6.45, 7) is 2.08. The lowest BCUT2D eigenvalue weighted by atomic mass is 10.1. The van der Waals surface area contributed by atoms with Gasteiger partial charge in [-0.25, -0.2) is 13.0 Å².